The van der Waals surface area contributed by atoms with Gasteiger partial charge in [-0.05, 0) is 75.3 Å². The number of amides is 3. The number of aliphatic carboxylic acids is 1. The summed E-state index contributed by atoms with van der Waals surface area (Å²) in [5, 5.41) is 16.9. The molecule has 2 aromatic rings. The highest BCUT2D eigenvalue weighted by Gasteiger charge is 2.62. The van der Waals surface area contributed by atoms with Crippen LogP contribution >= 0.6 is 11.6 Å². The number of carbonyl (C=O) groups is 4. The lowest BCUT2D eigenvalue weighted by Crippen LogP contribution is -2.56. The maximum atomic E-state index is 14.6. The smallest absolute Gasteiger partial charge is 0.408 e. The Morgan fingerprint density at radius 1 is 1.00 bits per heavy atom. The van der Waals surface area contributed by atoms with Gasteiger partial charge in [0.05, 0.1) is 26.4 Å². The second kappa shape index (κ2) is 17.6. The number of morpholine rings is 1. The van der Waals surface area contributed by atoms with Crippen molar-refractivity contribution >= 4 is 46.4 Å². The van der Waals surface area contributed by atoms with Crippen LogP contribution in [0.4, 0.5) is 4.79 Å². The van der Waals surface area contributed by atoms with E-state index >= 15 is 0 Å². The van der Waals surface area contributed by atoms with Crippen LogP contribution in [0.15, 0.2) is 18.2 Å². The number of ether oxygens (including phenoxy) is 5. The molecule has 3 amide bonds. The largest absolute Gasteiger partial charge is 0.491 e. The summed E-state index contributed by atoms with van der Waals surface area (Å²) in [6, 6.07) is 3.28. The number of carbonyl (C=O) groups excluding carboxylic acids is 3. The first-order valence-corrected chi connectivity index (χ1v) is 21.7. The Kier molecular flexibility index (Phi) is 12.4. The Morgan fingerprint density at radius 2 is 1.76 bits per heavy atom. The molecule has 4 heterocycles. The standard InChI is InChI=1S/C42H56ClN5O10/c1-2-55-35-22-34(30-10-11-33(36(43)37(30)45-35)56-17-14-47-12-15-54-16-13-47)57-29-21-32-38(49)46-42(40(51)52)23-27(42)8-6-4-3-5-7-9-31(39(50)48(32)24-29)44-41(53)58-28-19-25-18-26(25)20-28/h10-11,22,25-29,31-32H,2-9,12-21,23-24H2,1H3,(H,44,53)(H,46,49)(H,51,52)/t25-,26+,27-,28+,29-,31+,32+,42-/m1/s1. The molecular formula is C42H56ClN5O10. The minimum atomic E-state index is -1.37. The van der Waals surface area contributed by atoms with E-state index in [1.807, 2.05) is 13.0 Å². The molecule has 0 radical (unpaired) electrons. The van der Waals surface area contributed by atoms with E-state index in [0.29, 0.717) is 91.4 Å². The van der Waals surface area contributed by atoms with Gasteiger partial charge in [0.25, 0.3) is 0 Å². The average molecular weight is 826 g/mol. The van der Waals surface area contributed by atoms with Gasteiger partial charge in [-0.2, -0.15) is 0 Å². The lowest BCUT2D eigenvalue weighted by atomic mass is 10.0. The Morgan fingerprint density at radius 3 is 2.52 bits per heavy atom. The molecule has 8 rings (SSSR count). The molecule has 3 N–H and O–H groups in total. The van der Waals surface area contributed by atoms with Gasteiger partial charge in [0.15, 0.2) is 0 Å². The van der Waals surface area contributed by atoms with Crippen molar-refractivity contribution < 1.29 is 48.0 Å². The zero-order chi connectivity index (χ0) is 40.4. The number of alkyl carbamates (subject to hydrolysis) is 1. The zero-order valence-electron chi connectivity index (χ0n) is 33.3. The molecule has 3 saturated heterocycles. The van der Waals surface area contributed by atoms with Gasteiger partial charge in [-0.1, -0.05) is 43.7 Å². The number of fused-ring (bicyclic) bond motifs is 4. The molecule has 58 heavy (non-hydrogen) atoms. The summed E-state index contributed by atoms with van der Waals surface area (Å²) in [7, 11) is 0. The lowest BCUT2D eigenvalue weighted by molar-refractivity contribution is -0.146. The normalized spacial score (nSPS) is 31.5. The third-order valence-corrected chi connectivity index (χ3v) is 13.3. The van der Waals surface area contributed by atoms with Crippen LogP contribution in [0.3, 0.4) is 0 Å². The summed E-state index contributed by atoms with van der Waals surface area (Å²) in [5.41, 5.74) is -0.959. The zero-order valence-corrected chi connectivity index (χ0v) is 34.0. The van der Waals surface area contributed by atoms with Gasteiger partial charge >= 0.3 is 12.1 Å². The van der Waals surface area contributed by atoms with E-state index < -0.39 is 47.6 Å². The molecule has 0 unspecified atom stereocenters. The van der Waals surface area contributed by atoms with Crippen LogP contribution in [0.1, 0.15) is 84.0 Å². The first-order valence-electron chi connectivity index (χ1n) is 21.3. The third-order valence-electron chi connectivity index (χ3n) is 13.0. The van der Waals surface area contributed by atoms with Gasteiger partial charge in [0.1, 0.15) is 58.5 Å². The highest BCUT2D eigenvalue weighted by atomic mass is 35.5. The molecule has 0 spiro atoms. The van der Waals surface area contributed by atoms with Gasteiger partial charge in [0.2, 0.25) is 17.7 Å². The third kappa shape index (κ3) is 9.06. The first-order chi connectivity index (χ1) is 28.1. The number of nitrogens with zero attached hydrogens (tertiary/aromatic N) is 3. The van der Waals surface area contributed by atoms with Crippen molar-refractivity contribution in [1.82, 2.24) is 25.4 Å². The topological polar surface area (TPSA) is 178 Å². The van der Waals surface area contributed by atoms with Gasteiger partial charge in [-0.25, -0.2) is 14.6 Å². The van der Waals surface area contributed by atoms with Gasteiger partial charge in [-0.3, -0.25) is 14.5 Å². The number of carboxylic acid groups (broad SMARTS) is 1. The van der Waals surface area contributed by atoms with Crippen molar-refractivity contribution in [3.05, 3.63) is 23.2 Å². The number of aromatic nitrogens is 1. The van der Waals surface area contributed by atoms with Crippen molar-refractivity contribution in [3.8, 4) is 17.4 Å². The van der Waals surface area contributed by atoms with Crippen molar-refractivity contribution in [2.24, 2.45) is 17.8 Å². The summed E-state index contributed by atoms with van der Waals surface area (Å²) in [5.74, 6) is 0.159. The predicted molar refractivity (Wildman–Crippen MR) is 212 cm³/mol. The van der Waals surface area contributed by atoms with E-state index in [4.69, 9.17) is 35.3 Å². The molecule has 3 saturated carbocycles. The SMILES string of the molecule is CCOc1cc(O[C@@H]2C[C@H]3C(=O)N[C@]4(C(=O)O)C[C@H]4CCCCCCC[C@H](NC(=O)O[C@@H]4C[C@@H]5C[C@@H]5C4)C(=O)N3C2)c2ccc(OCCN3CCOCC3)c(Cl)c2n1. The number of rotatable bonds is 11. The summed E-state index contributed by atoms with van der Waals surface area (Å²) in [4.78, 5) is 63.1. The molecule has 8 atom stereocenters. The monoisotopic (exact) mass is 825 g/mol. The number of hydrogen-bond donors (Lipinski definition) is 3. The van der Waals surface area contributed by atoms with Gasteiger partial charge < -0.3 is 44.3 Å². The highest BCUT2D eigenvalue weighted by molar-refractivity contribution is 6.36. The van der Waals surface area contributed by atoms with Crippen LogP contribution in [0.5, 0.6) is 17.4 Å². The molecule has 6 aliphatic rings. The van der Waals surface area contributed by atoms with Crippen molar-refractivity contribution in [3.63, 3.8) is 0 Å². The maximum Gasteiger partial charge on any atom is 0.408 e. The molecule has 16 heteroatoms. The summed E-state index contributed by atoms with van der Waals surface area (Å²) >= 11 is 6.93. The number of nitrogens with one attached hydrogen (secondary N) is 2. The molecule has 0 bridgehead atoms. The quantitative estimate of drug-likeness (QED) is 0.279. The van der Waals surface area contributed by atoms with E-state index in [-0.39, 0.29) is 30.9 Å². The van der Waals surface area contributed by atoms with Crippen LogP contribution in [-0.2, 0) is 23.9 Å². The van der Waals surface area contributed by atoms with Crippen LogP contribution in [0, 0.1) is 17.8 Å². The number of hydrogen-bond acceptors (Lipinski definition) is 11. The van der Waals surface area contributed by atoms with Crippen molar-refractivity contribution in [1.29, 1.82) is 0 Å². The van der Waals surface area contributed by atoms with E-state index in [0.717, 1.165) is 58.2 Å². The molecule has 3 aliphatic carbocycles. The average Bonchev–Trinajstić information content (AvgIpc) is 4.01. The molecular weight excluding hydrogens is 770 g/mol. The highest BCUT2D eigenvalue weighted by Crippen LogP contribution is 2.52. The van der Waals surface area contributed by atoms with Gasteiger partial charge in [-0.15, -0.1) is 0 Å². The Bertz CT molecular complexity index is 1850. The number of benzene rings is 1. The molecule has 3 aliphatic heterocycles. The minimum Gasteiger partial charge on any atom is -0.491 e. The maximum absolute atomic E-state index is 14.6. The predicted octanol–water partition coefficient (Wildman–Crippen LogP) is 4.94. The summed E-state index contributed by atoms with van der Waals surface area (Å²) in [6.07, 6.45) is 7.17. The number of carboxylic acids is 1. The fourth-order valence-electron chi connectivity index (χ4n) is 9.54. The first kappa shape index (κ1) is 40.7. The summed E-state index contributed by atoms with van der Waals surface area (Å²) < 4.78 is 29.8. The van der Waals surface area contributed by atoms with Gasteiger partial charge in [0, 0.05) is 37.5 Å². The molecule has 15 nitrogen and oxygen atoms in total. The van der Waals surface area contributed by atoms with Crippen molar-refractivity contribution in [2.75, 3.05) is 52.6 Å². The Balaban J connectivity index is 1.04. The summed E-state index contributed by atoms with van der Waals surface area (Å²) in [6.45, 7) is 6.41. The lowest BCUT2D eigenvalue weighted by Gasteiger charge is -2.29. The fourth-order valence-corrected chi connectivity index (χ4v) is 9.80. The van der Waals surface area contributed by atoms with Crippen LogP contribution < -0.4 is 24.8 Å². The van der Waals surface area contributed by atoms with Crippen LogP contribution in [0.2, 0.25) is 5.02 Å². The minimum absolute atomic E-state index is 0.0177. The molecule has 6 fully saturated rings. The van der Waals surface area contributed by atoms with Crippen LogP contribution in [-0.4, -0.2) is 126 Å². The van der Waals surface area contributed by atoms with Crippen molar-refractivity contribution in [2.45, 2.75) is 114 Å². The second-order valence-electron chi connectivity index (χ2n) is 16.9. The number of halogens is 1. The molecule has 316 valence electrons. The number of pyridine rings is 1. The fraction of sp³-hybridized carbons (Fsp3) is 0.690. The Labute approximate surface area is 343 Å². The Hall–Kier alpha value is -4.08. The van der Waals surface area contributed by atoms with E-state index in [2.05, 4.69) is 20.5 Å². The van der Waals surface area contributed by atoms with E-state index in [9.17, 15) is 24.3 Å². The van der Waals surface area contributed by atoms with Crippen LogP contribution in [0.25, 0.3) is 10.9 Å². The van der Waals surface area contributed by atoms with E-state index in [1.165, 1.54) is 11.3 Å². The molecule has 1 aromatic carbocycles. The van der Waals surface area contributed by atoms with E-state index in [1.54, 1.807) is 12.1 Å². The molecule has 1 aromatic heterocycles. The second-order valence-corrected chi connectivity index (χ2v) is 17.3.